The van der Waals surface area contributed by atoms with E-state index in [1.54, 1.807) is 0 Å². The first kappa shape index (κ1) is 13.6. The van der Waals surface area contributed by atoms with E-state index in [9.17, 15) is 4.79 Å². The lowest BCUT2D eigenvalue weighted by Gasteiger charge is -2.34. The van der Waals surface area contributed by atoms with Crippen LogP contribution in [0.3, 0.4) is 0 Å². The Morgan fingerprint density at radius 2 is 1.90 bits per heavy atom. The van der Waals surface area contributed by atoms with Gasteiger partial charge in [0, 0.05) is 18.8 Å². The second-order valence-electron chi connectivity index (χ2n) is 5.72. The van der Waals surface area contributed by atoms with Crippen molar-refractivity contribution in [1.29, 1.82) is 0 Å². The Morgan fingerprint density at radius 3 is 2.40 bits per heavy atom. The van der Waals surface area contributed by atoms with Gasteiger partial charge < -0.3 is 15.2 Å². The summed E-state index contributed by atoms with van der Waals surface area (Å²) in [6.07, 6.45) is 3.10. The molecule has 1 saturated heterocycles. The summed E-state index contributed by atoms with van der Waals surface area (Å²) in [5.41, 5.74) is 7.94. The highest BCUT2D eigenvalue weighted by Crippen LogP contribution is 2.38. The summed E-state index contributed by atoms with van der Waals surface area (Å²) in [7, 11) is 0. The lowest BCUT2D eigenvalue weighted by Crippen LogP contribution is -2.38. The lowest BCUT2D eigenvalue weighted by atomic mass is 9.84. The van der Waals surface area contributed by atoms with Crippen molar-refractivity contribution in [2.24, 2.45) is 5.92 Å². The van der Waals surface area contributed by atoms with Crippen LogP contribution in [0.25, 0.3) is 0 Å². The van der Waals surface area contributed by atoms with Crippen LogP contribution in [0.1, 0.15) is 41.9 Å². The summed E-state index contributed by atoms with van der Waals surface area (Å²) in [6.45, 7) is 4.97. The van der Waals surface area contributed by atoms with E-state index < -0.39 is 5.79 Å². The second-order valence-corrected chi connectivity index (χ2v) is 5.72. The number of nitrogens with two attached hydrogens (primary N) is 1. The normalized spacial score (nSPS) is 22.5. The predicted octanol–water partition coefficient (Wildman–Crippen LogP) is 1.66. The topological polar surface area (TPSA) is 79.4 Å². The molecule has 1 saturated carbocycles. The summed E-state index contributed by atoms with van der Waals surface area (Å²) < 4.78 is 12.8. The van der Waals surface area contributed by atoms with Crippen molar-refractivity contribution in [3.8, 4) is 0 Å². The van der Waals surface area contributed by atoms with Crippen molar-refractivity contribution in [1.82, 2.24) is 9.78 Å². The number of ether oxygens (including phenoxy) is 2. The number of nitrogen functional groups attached to an aromatic ring is 1. The lowest BCUT2D eigenvalue weighted by molar-refractivity contribution is -0.180. The van der Waals surface area contributed by atoms with E-state index in [0.717, 1.165) is 31.4 Å². The standard InChI is InChI=1S/C14H21N3O3/c1-9-12(15)10(2)17(16-9)13(18)11-3-5-14(6-4-11)19-7-8-20-14/h11H,3-8,15H2,1-2H3. The fourth-order valence-corrected chi connectivity index (χ4v) is 3.13. The zero-order valence-corrected chi connectivity index (χ0v) is 12.0. The van der Waals surface area contributed by atoms with Gasteiger partial charge in [-0.15, -0.1) is 0 Å². The summed E-state index contributed by atoms with van der Waals surface area (Å²) in [5, 5.41) is 4.25. The third kappa shape index (κ3) is 2.13. The maximum atomic E-state index is 12.6. The van der Waals surface area contributed by atoms with Gasteiger partial charge in [0.05, 0.1) is 30.3 Å². The van der Waals surface area contributed by atoms with E-state index in [1.807, 2.05) is 13.8 Å². The van der Waals surface area contributed by atoms with Gasteiger partial charge in [-0.25, -0.2) is 4.68 Å². The fourth-order valence-electron chi connectivity index (χ4n) is 3.13. The number of hydrogen-bond donors (Lipinski definition) is 1. The number of hydrogen-bond acceptors (Lipinski definition) is 5. The molecule has 1 aliphatic heterocycles. The molecule has 2 N–H and O–H groups in total. The zero-order chi connectivity index (χ0) is 14.3. The minimum Gasteiger partial charge on any atom is -0.396 e. The minimum atomic E-state index is -0.426. The number of rotatable bonds is 1. The predicted molar refractivity (Wildman–Crippen MR) is 73.3 cm³/mol. The average Bonchev–Trinajstić information content (AvgIpc) is 3.00. The van der Waals surface area contributed by atoms with Gasteiger partial charge in [-0.2, -0.15) is 5.10 Å². The molecule has 6 heteroatoms. The molecule has 6 nitrogen and oxygen atoms in total. The van der Waals surface area contributed by atoms with Crippen molar-refractivity contribution < 1.29 is 14.3 Å². The molecule has 1 aliphatic carbocycles. The van der Waals surface area contributed by atoms with Crippen LogP contribution in [0.2, 0.25) is 0 Å². The molecule has 20 heavy (non-hydrogen) atoms. The molecule has 0 unspecified atom stereocenters. The molecule has 110 valence electrons. The minimum absolute atomic E-state index is 0.0224. The number of anilines is 1. The number of aromatic nitrogens is 2. The molecule has 0 aromatic carbocycles. The van der Waals surface area contributed by atoms with Crippen molar-refractivity contribution in [3.05, 3.63) is 11.4 Å². The van der Waals surface area contributed by atoms with Crippen molar-refractivity contribution in [2.75, 3.05) is 18.9 Å². The van der Waals surface area contributed by atoms with Crippen LogP contribution >= 0.6 is 0 Å². The van der Waals surface area contributed by atoms with E-state index >= 15 is 0 Å². The number of nitrogens with zero attached hydrogens (tertiary/aromatic N) is 2. The van der Waals surface area contributed by atoms with Gasteiger partial charge in [0.15, 0.2) is 5.79 Å². The monoisotopic (exact) mass is 279 g/mol. The van der Waals surface area contributed by atoms with E-state index in [-0.39, 0.29) is 11.8 Å². The molecule has 1 aromatic rings. The van der Waals surface area contributed by atoms with Crippen LogP contribution < -0.4 is 5.73 Å². The van der Waals surface area contributed by atoms with Gasteiger partial charge in [0.1, 0.15) is 0 Å². The molecule has 2 heterocycles. The summed E-state index contributed by atoms with van der Waals surface area (Å²) in [4.78, 5) is 12.6. The Hall–Kier alpha value is -1.40. The Bertz CT molecular complexity index is 522. The third-order valence-electron chi connectivity index (χ3n) is 4.47. The van der Waals surface area contributed by atoms with Crippen LogP contribution in [-0.2, 0) is 9.47 Å². The summed E-state index contributed by atoms with van der Waals surface area (Å²) >= 11 is 0. The molecule has 0 bridgehead atoms. The van der Waals surface area contributed by atoms with Gasteiger partial charge in [-0.1, -0.05) is 0 Å². The van der Waals surface area contributed by atoms with Gasteiger partial charge in [-0.3, -0.25) is 4.79 Å². The van der Waals surface area contributed by atoms with Gasteiger partial charge in [0.2, 0.25) is 5.91 Å². The maximum absolute atomic E-state index is 12.6. The quantitative estimate of drug-likeness (QED) is 0.845. The highest BCUT2D eigenvalue weighted by atomic mass is 16.7. The van der Waals surface area contributed by atoms with Gasteiger partial charge in [-0.05, 0) is 26.7 Å². The molecule has 2 fully saturated rings. The van der Waals surface area contributed by atoms with E-state index in [2.05, 4.69) is 5.10 Å². The third-order valence-corrected chi connectivity index (χ3v) is 4.47. The van der Waals surface area contributed by atoms with Crippen LogP contribution in [0, 0.1) is 19.8 Å². The molecule has 2 aliphatic rings. The average molecular weight is 279 g/mol. The van der Waals surface area contributed by atoms with Gasteiger partial charge in [0.25, 0.3) is 0 Å². The van der Waals surface area contributed by atoms with Crippen LogP contribution in [-0.4, -0.2) is 34.7 Å². The van der Waals surface area contributed by atoms with Crippen LogP contribution in [0.15, 0.2) is 0 Å². The molecular weight excluding hydrogens is 258 g/mol. The van der Waals surface area contributed by atoms with Crippen molar-refractivity contribution in [2.45, 2.75) is 45.3 Å². The smallest absolute Gasteiger partial charge is 0.250 e. The van der Waals surface area contributed by atoms with Crippen LogP contribution in [0.4, 0.5) is 5.69 Å². The Balaban J connectivity index is 1.71. The first-order chi connectivity index (χ1) is 9.52. The highest BCUT2D eigenvalue weighted by molar-refractivity contribution is 5.82. The molecule has 0 atom stereocenters. The number of carbonyl (C=O) groups excluding carboxylic acids is 1. The highest BCUT2D eigenvalue weighted by Gasteiger charge is 2.42. The SMILES string of the molecule is Cc1nn(C(=O)C2CCC3(CC2)OCCO3)c(C)c1N. The fraction of sp³-hybridized carbons (Fsp3) is 0.714. The Kier molecular flexibility index (Phi) is 3.30. The molecule has 0 amide bonds. The molecule has 0 radical (unpaired) electrons. The van der Waals surface area contributed by atoms with Crippen molar-refractivity contribution in [3.63, 3.8) is 0 Å². The molecule has 1 aromatic heterocycles. The van der Waals surface area contributed by atoms with Crippen LogP contribution in [0.5, 0.6) is 0 Å². The Morgan fingerprint density at radius 1 is 1.30 bits per heavy atom. The summed E-state index contributed by atoms with van der Waals surface area (Å²) in [6, 6.07) is 0. The van der Waals surface area contributed by atoms with E-state index in [1.165, 1.54) is 4.68 Å². The Labute approximate surface area is 118 Å². The van der Waals surface area contributed by atoms with Crippen molar-refractivity contribution >= 4 is 11.6 Å². The first-order valence-corrected chi connectivity index (χ1v) is 7.16. The maximum Gasteiger partial charge on any atom is 0.250 e. The number of aryl methyl sites for hydroxylation is 1. The molecule has 1 spiro atoms. The molecule has 3 rings (SSSR count). The van der Waals surface area contributed by atoms with Gasteiger partial charge >= 0.3 is 0 Å². The first-order valence-electron chi connectivity index (χ1n) is 7.16. The largest absolute Gasteiger partial charge is 0.396 e. The zero-order valence-electron chi connectivity index (χ0n) is 12.0. The van der Waals surface area contributed by atoms with E-state index in [4.69, 9.17) is 15.2 Å². The van der Waals surface area contributed by atoms with E-state index in [0.29, 0.717) is 24.6 Å². The second kappa shape index (κ2) is 4.86. The molecular formula is C14H21N3O3. The number of carbonyl (C=O) groups is 1. The summed E-state index contributed by atoms with van der Waals surface area (Å²) in [5.74, 6) is -0.411.